The molecular formula is C22H25N5O2. The molecule has 29 heavy (non-hydrogen) atoms. The van der Waals surface area contributed by atoms with Gasteiger partial charge < -0.3 is 14.6 Å². The number of imidazole rings is 1. The summed E-state index contributed by atoms with van der Waals surface area (Å²) in [6, 6.07) is 12.6. The van der Waals surface area contributed by atoms with Crippen LogP contribution in [0.4, 0.5) is 0 Å². The first kappa shape index (κ1) is 18.3. The van der Waals surface area contributed by atoms with E-state index in [1.165, 1.54) is 5.56 Å². The number of nitrogens with zero attached hydrogens (tertiary/aromatic N) is 4. The highest BCUT2D eigenvalue weighted by molar-refractivity contribution is 6.04. The number of pyridine rings is 1. The molecule has 5 rings (SSSR count). The van der Waals surface area contributed by atoms with Crippen LogP contribution in [0.2, 0.25) is 0 Å². The van der Waals surface area contributed by atoms with E-state index < -0.39 is 0 Å². The molecule has 1 N–H and O–H groups in total. The Balaban J connectivity index is 1.28. The third kappa shape index (κ3) is 3.30. The highest BCUT2D eigenvalue weighted by Crippen LogP contribution is 2.30. The molecule has 2 aliphatic rings. The topological polar surface area (TPSA) is 72.3 Å². The number of aryl methyl sites for hydroxylation is 2. The van der Waals surface area contributed by atoms with Crippen molar-refractivity contribution in [3.05, 3.63) is 59.5 Å². The molecule has 3 aromatic rings. The lowest BCUT2D eigenvalue weighted by Gasteiger charge is -2.35. The second kappa shape index (κ2) is 7.24. The van der Waals surface area contributed by atoms with Crippen LogP contribution in [0.15, 0.2) is 42.6 Å². The zero-order chi connectivity index (χ0) is 20.0. The van der Waals surface area contributed by atoms with Crippen LogP contribution >= 0.6 is 0 Å². The number of amides is 1. The Morgan fingerprint density at radius 2 is 2.03 bits per heavy atom. The Labute approximate surface area is 169 Å². The number of aromatic nitrogens is 3. The molecular weight excluding hydrogens is 366 g/mol. The highest BCUT2D eigenvalue weighted by atomic mass is 16.5. The molecule has 4 heterocycles. The summed E-state index contributed by atoms with van der Waals surface area (Å²) in [5.41, 5.74) is 3.19. The number of hydrogen-bond acceptors (Lipinski definition) is 5. The molecule has 1 aromatic carbocycles. The molecule has 7 nitrogen and oxygen atoms in total. The number of fused-ring (bicyclic) bond motifs is 2. The van der Waals surface area contributed by atoms with Crippen LogP contribution in [0, 0.1) is 6.92 Å². The molecule has 0 radical (unpaired) electrons. The largest absolute Gasteiger partial charge is 0.371 e. The second-order valence-electron chi connectivity index (χ2n) is 8.00. The van der Waals surface area contributed by atoms with Crippen LogP contribution in [-0.4, -0.2) is 57.1 Å². The van der Waals surface area contributed by atoms with Gasteiger partial charge in [0, 0.05) is 38.4 Å². The lowest BCUT2D eigenvalue weighted by atomic mass is 10.1. The summed E-state index contributed by atoms with van der Waals surface area (Å²) in [6.45, 7) is 4.32. The van der Waals surface area contributed by atoms with Crippen molar-refractivity contribution < 1.29 is 9.53 Å². The van der Waals surface area contributed by atoms with Crippen LogP contribution in [0.3, 0.4) is 0 Å². The maximum Gasteiger partial charge on any atom is 0.253 e. The van der Waals surface area contributed by atoms with Crippen LogP contribution in [0.25, 0.3) is 11.2 Å². The summed E-state index contributed by atoms with van der Waals surface area (Å²) in [5, 5.41) is 3.21. The third-order valence-corrected chi connectivity index (χ3v) is 6.15. The lowest BCUT2D eigenvalue weighted by molar-refractivity contribution is -0.0502. The molecule has 0 unspecified atom stereocenters. The van der Waals surface area contributed by atoms with E-state index in [1.54, 1.807) is 12.3 Å². The van der Waals surface area contributed by atoms with Gasteiger partial charge in [-0.15, -0.1) is 0 Å². The summed E-state index contributed by atoms with van der Waals surface area (Å²) >= 11 is 0. The number of carbonyl (C=O) groups is 1. The number of rotatable bonds is 3. The molecule has 2 aromatic heterocycles. The minimum absolute atomic E-state index is 0.0825. The monoisotopic (exact) mass is 391 g/mol. The molecule has 3 atom stereocenters. The number of carbonyl (C=O) groups excluding carboxylic acids is 1. The number of benzene rings is 1. The highest BCUT2D eigenvalue weighted by Gasteiger charge is 2.38. The van der Waals surface area contributed by atoms with E-state index in [9.17, 15) is 4.79 Å². The van der Waals surface area contributed by atoms with Crippen molar-refractivity contribution in [1.29, 1.82) is 0 Å². The van der Waals surface area contributed by atoms with E-state index in [0.717, 1.165) is 31.0 Å². The Bertz CT molecular complexity index is 1050. The van der Waals surface area contributed by atoms with Gasteiger partial charge in [-0.1, -0.05) is 30.3 Å². The maximum atomic E-state index is 13.0. The van der Waals surface area contributed by atoms with Gasteiger partial charge in [0.2, 0.25) is 0 Å². The fourth-order valence-corrected chi connectivity index (χ4v) is 4.48. The van der Waals surface area contributed by atoms with Gasteiger partial charge in [0.15, 0.2) is 5.65 Å². The molecule has 7 heteroatoms. The SMILES string of the molecule is Cc1nc2c(C(=O)N[C@@H]3C[C@H]4CO[C@@H](c5ccccc5)CN4C3)ccnc2n1C. The molecule has 0 aliphatic carbocycles. The fourth-order valence-electron chi connectivity index (χ4n) is 4.48. The summed E-state index contributed by atoms with van der Waals surface area (Å²) in [4.78, 5) is 24.3. The standard InChI is InChI=1S/C22H25N5O2/c1-14-24-20-18(8-9-23-21(20)26(14)2)22(28)25-16-10-17-13-29-19(12-27(17)11-16)15-6-4-3-5-7-15/h3-9,16-17,19H,10-13H2,1-2H3,(H,25,28)/t16-,17+,19-/m1/s1. The van der Waals surface area contributed by atoms with Gasteiger partial charge >= 0.3 is 0 Å². The summed E-state index contributed by atoms with van der Waals surface area (Å²) in [6.07, 6.45) is 2.68. The zero-order valence-electron chi connectivity index (χ0n) is 16.7. The van der Waals surface area contributed by atoms with Gasteiger partial charge in [-0.3, -0.25) is 9.69 Å². The number of morpholine rings is 1. The van der Waals surface area contributed by atoms with E-state index in [2.05, 4.69) is 32.3 Å². The van der Waals surface area contributed by atoms with Gasteiger partial charge in [-0.2, -0.15) is 0 Å². The van der Waals surface area contributed by atoms with Crippen LogP contribution in [-0.2, 0) is 11.8 Å². The minimum atomic E-state index is -0.0825. The van der Waals surface area contributed by atoms with Crippen molar-refractivity contribution in [2.24, 2.45) is 7.05 Å². The first-order valence-corrected chi connectivity index (χ1v) is 10.1. The van der Waals surface area contributed by atoms with E-state index in [0.29, 0.717) is 23.7 Å². The molecule has 2 saturated heterocycles. The number of nitrogens with one attached hydrogen (secondary N) is 1. The summed E-state index contributed by atoms with van der Waals surface area (Å²) in [5.74, 6) is 0.760. The van der Waals surface area contributed by atoms with Gasteiger partial charge in [-0.05, 0) is 25.0 Å². The van der Waals surface area contributed by atoms with Crippen molar-refractivity contribution in [3.8, 4) is 0 Å². The number of hydrogen-bond donors (Lipinski definition) is 1. The van der Waals surface area contributed by atoms with Gasteiger partial charge in [-0.25, -0.2) is 9.97 Å². The quantitative estimate of drug-likeness (QED) is 0.741. The van der Waals surface area contributed by atoms with E-state index >= 15 is 0 Å². The molecule has 0 bridgehead atoms. The van der Waals surface area contributed by atoms with Crippen molar-refractivity contribution in [2.75, 3.05) is 19.7 Å². The average molecular weight is 391 g/mol. The molecule has 1 amide bonds. The Morgan fingerprint density at radius 1 is 1.21 bits per heavy atom. The second-order valence-corrected chi connectivity index (χ2v) is 8.00. The summed E-state index contributed by atoms with van der Waals surface area (Å²) in [7, 11) is 1.91. The van der Waals surface area contributed by atoms with Crippen LogP contribution in [0.5, 0.6) is 0 Å². The van der Waals surface area contributed by atoms with Crippen LogP contribution < -0.4 is 5.32 Å². The van der Waals surface area contributed by atoms with Gasteiger partial charge in [0.1, 0.15) is 11.3 Å². The normalized spacial score (nSPS) is 24.6. The zero-order valence-corrected chi connectivity index (χ0v) is 16.7. The van der Waals surface area contributed by atoms with E-state index in [1.807, 2.05) is 36.7 Å². The van der Waals surface area contributed by atoms with Crippen molar-refractivity contribution >= 4 is 17.1 Å². The maximum absolute atomic E-state index is 13.0. The van der Waals surface area contributed by atoms with Crippen molar-refractivity contribution in [3.63, 3.8) is 0 Å². The minimum Gasteiger partial charge on any atom is -0.371 e. The summed E-state index contributed by atoms with van der Waals surface area (Å²) < 4.78 is 8.02. The van der Waals surface area contributed by atoms with Crippen molar-refractivity contribution in [1.82, 2.24) is 24.8 Å². The van der Waals surface area contributed by atoms with Crippen molar-refractivity contribution in [2.45, 2.75) is 31.5 Å². The smallest absolute Gasteiger partial charge is 0.253 e. The molecule has 2 fully saturated rings. The Hall–Kier alpha value is -2.77. The first-order chi connectivity index (χ1) is 14.1. The molecule has 2 aliphatic heterocycles. The molecule has 0 spiro atoms. The van der Waals surface area contributed by atoms with E-state index in [-0.39, 0.29) is 18.1 Å². The Morgan fingerprint density at radius 3 is 2.86 bits per heavy atom. The van der Waals surface area contributed by atoms with Crippen LogP contribution in [0.1, 0.15) is 34.3 Å². The van der Waals surface area contributed by atoms with Gasteiger partial charge in [0.25, 0.3) is 5.91 Å². The predicted molar refractivity (Wildman–Crippen MR) is 110 cm³/mol. The number of ether oxygens (including phenoxy) is 1. The van der Waals surface area contributed by atoms with E-state index in [4.69, 9.17) is 4.74 Å². The third-order valence-electron chi connectivity index (χ3n) is 6.15. The fraction of sp³-hybridized carbons (Fsp3) is 0.409. The molecule has 0 saturated carbocycles. The lowest BCUT2D eigenvalue weighted by Crippen LogP contribution is -2.43. The Kier molecular flexibility index (Phi) is 4.56. The molecule has 150 valence electrons. The van der Waals surface area contributed by atoms with Gasteiger partial charge in [0.05, 0.1) is 18.3 Å². The predicted octanol–water partition coefficient (Wildman–Crippen LogP) is 2.22. The first-order valence-electron chi connectivity index (χ1n) is 10.1. The average Bonchev–Trinajstić information content (AvgIpc) is 3.27.